The molecule has 1 aliphatic heterocycles. The summed E-state index contributed by atoms with van der Waals surface area (Å²) in [6.07, 6.45) is 13.9. The van der Waals surface area contributed by atoms with E-state index < -0.39 is 0 Å². The van der Waals surface area contributed by atoms with Crippen molar-refractivity contribution in [2.24, 2.45) is 0 Å². The van der Waals surface area contributed by atoms with E-state index in [0.29, 0.717) is 6.04 Å². The number of hydrogen-bond donors (Lipinski definition) is 1. The normalized spacial score (nSPS) is 23.0. The molecule has 1 N–H and O–H groups in total. The molecule has 2 unspecified atom stereocenters. The Labute approximate surface area is 173 Å². The Morgan fingerprint density at radius 2 is 1.93 bits per heavy atom. The summed E-state index contributed by atoms with van der Waals surface area (Å²) in [6, 6.07) is 12.3. The molecule has 0 saturated carbocycles. The minimum absolute atomic E-state index is 0.616. The minimum atomic E-state index is 0.616. The zero-order valence-corrected chi connectivity index (χ0v) is 18.3. The highest BCUT2D eigenvalue weighted by Crippen LogP contribution is 2.27. The zero-order valence-electron chi connectivity index (χ0n) is 18.3. The summed E-state index contributed by atoms with van der Waals surface area (Å²) in [6.45, 7) is 13.5. The van der Waals surface area contributed by atoms with E-state index in [4.69, 9.17) is 0 Å². The lowest BCUT2D eigenvalue weighted by Gasteiger charge is -2.36. The summed E-state index contributed by atoms with van der Waals surface area (Å²) in [5.41, 5.74) is 4.47. The molecule has 0 radical (unpaired) electrons. The average Bonchev–Trinajstić information content (AvgIpc) is 3.09. The van der Waals surface area contributed by atoms with Gasteiger partial charge in [-0.2, -0.15) is 0 Å². The molecule has 1 aromatic rings. The number of benzene rings is 1. The number of piperidine rings is 1. The molecule has 0 aromatic heterocycles. The van der Waals surface area contributed by atoms with Crippen molar-refractivity contribution in [1.29, 1.82) is 0 Å². The summed E-state index contributed by atoms with van der Waals surface area (Å²) in [4.78, 5) is 2.71. The maximum absolute atomic E-state index is 3.82. The second-order valence-corrected chi connectivity index (χ2v) is 7.85. The highest BCUT2D eigenvalue weighted by Gasteiger charge is 2.24. The van der Waals surface area contributed by atoms with Crippen molar-refractivity contribution in [3.63, 3.8) is 0 Å². The largest absolute Gasteiger partial charge is 0.313 e. The summed E-state index contributed by atoms with van der Waals surface area (Å²) in [7, 11) is 0. The van der Waals surface area contributed by atoms with E-state index in [1.165, 1.54) is 55.4 Å². The van der Waals surface area contributed by atoms with Crippen LogP contribution in [0.5, 0.6) is 0 Å². The van der Waals surface area contributed by atoms with Crippen LogP contribution in [0.25, 0.3) is 0 Å². The molecule has 2 nitrogen and oxygen atoms in total. The lowest BCUT2D eigenvalue weighted by atomic mass is 9.98. The van der Waals surface area contributed by atoms with Crippen LogP contribution in [0.4, 0.5) is 0 Å². The molecule has 1 aliphatic carbocycles. The standard InChI is InChI=1S/C24H34N2.C2H6/c1-3-4-12-22-18-23(17-20(22)2)25-15-14-24-13-8-9-16-26(24)19-21-10-6-5-7-11-21;1-2/h3-7,10-12,23-25H,1,8-9,13-19H2,2H3;1-2H3/b12-4-;. The van der Waals surface area contributed by atoms with Crippen molar-refractivity contribution < 1.29 is 0 Å². The van der Waals surface area contributed by atoms with Crippen molar-refractivity contribution in [2.75, 3.05) is 13.1 Å². The SMILES string of the molecule is C=C/C=C\C1=C(C)CC(NCCC2CCCCN2Cc2ccccc2)C1.CC. The van der Waals surface area contributed by atoms with Gasteiger partial charge in [0.1, 0.15) is 0 Å². The summed E-state index contributed by atoms with van der Waals surface area (Å²) in [5, 5.41) is 3.82. The van der Waals surface area contributed by atoms with Gasteiger partial charge in [0.05, 0.1) is 0 Å². The fourth-order valence-electron chi connectivity index (χ4n) is 4.42. The quantitative estimate of drug-likeness (QED) is 0.535. The van der Waals surface area contributed by atoms with Gasteiger partial charge in [0.2, 0.25) is 0 Å². The maximum atomic E-state index is 3.82. The van der Waals surface area contributed by atoms with E-state index in [0.717, 1.165) is 25.6 Å². The molecule has 2 atom stereocenters. The lowest BCUT2D eigenvalue weighted by molar-refractivity contribution is 0.131. The van der Waals surface area contributed by atoms with Gasteiger partial charge >= 0.3 is 0 Å². The Morgan fingerprint density at radius 3 is 2.68 bits per heavy atom. The Hall–Kier alpha value is -1.64. The molecule has 1 fully saturated rings. The summed E-state index contributed by atoms with van der Waals surface area (Å²) < 4.78 is 0. The number of rotatable bonds is 8. The van der Waals surface area contributed by atoms with E-state index in [2.05, 4.69) is 66.2 Å². The third-order valence-corrected chi connectivity index (χ3v) is 5.89. The van der Waals surface area contributed by atoms with Crippen LogP contribution < -0.4 is 5.32 Å². The molecule has 154 valence electrons. The van der Waals surface area contributed by atoms with Gasteiger partial charge in [-0.15, -0.1) is 0 Å². The molecule has 0 spiro atoms. The van der Waals surface area contributed by atoms with E-state index >= 15 is 0 Å². The van der Waals surface area contributed by atoms with Crippen LogP contribution in [0.2, 0.25) is 0 Å². The fraction of sp³-hybridized carbons (Fsp3) is 0.538. The summed E-state index contributed by atoms with van der Waals surface area (Å²) in [5.74, 6) is 0. The van der Waals surface area contributed by atoms with Gasteiger partial charge in [-0.05, 0) is 63.3 Å². The number of nitrogens with zero attached hydrogens (tertiary/aromatic N) is 1. The molecule has 2 aliphatic rings. The van der Waals surface area contributed by atoms with Crippen molar-refractivity contribution >= 4 is 0 Å². The van der Waals surface area contributed by atoms with E-state index in [9.17, 15) is 0 Å². The maximum Gasteiger partial charge on any atom is 0.0236 e. The van der Waals surface area contributed by atoms with E-state index in [-0.39, 0.29) is 0 Å². The van der Waals surface area contributed by atoms with Crippen LogP contribution in [0.15, 0.2) is 66.3 Å². The van der Waals surface area contributed by atoms with Crippen LogP contribution in [-0.4, -0.2) is 30.1 Å². The van der Waals surface area contributed by atoms with Crippen LogP contribution in [-0.2, 0) is 6.54 Å². The Balaban J connectivity index is 0.00000136. The predicted molar refractivity (Wildman–Crippen MR) is 124 cm³/mol. The minimum Gasteiger partial charge on any atom is -0.313 e. The molecule has 1 heterocycles. The van der Waals surface area contributed by atoms with Crippen LogP contribution in [0, 0.1) is 0 Å². The smallest absolute Gasteiger partial charge is 0.0236 e. The van der Waals surface area contributed by atoms with Crippen LogP contribution in [0.3, 0.4) is 0 Å². The van der Waals surface area contributed by atoms with E-state index in [1.54, 1.807) is 0 Å². The number of hydrogen-bond acceptors (Lipinski definition) is 2. The zero-order chi connectivity index (χ0) is 20.2. The van der Waals surface area contributed by atoms with Crippen molar-refractivity contribution in [3.8, 4) is 0 Å². The summed E-state index contributed by atoms with van der Waals surface area (Å²) >= 11 is 0. The first-order chi connectivity index (χ1) is 13.8. The van der Waals surface area contributed by atoms with Crippen molar-refractivity contribution in [3.05, 3.63) is 71.8 Å². The molecule has 0 amide bonds. The van der Waals surface area contributed by atoms with Crippen molar-refractivity contribution in [2.45, 2.75) is 77.9 Å². The molecule has 3 rings (SSSR count). The fourth-order valence-corrected chi connectivity index (χ4v) is 4.42. The second-order valence-electron chi connectivity index (χ2n) is 7.85. The van der Waals surface area contributed by atoms with Gasteiger partial charge in [0.25, 0.3) is 0 Å². The molecular formula is C26H40N2. The van der Waals surface area contributed by atoms with Gasteiger partial charge in [-0.1, -0.05) is 81.0 Å². The van der Waals surface area contributed by atoms with Gasteiger partial charge in [-0.3, -0.25) is 4.90 Å². The predicted octanol–water partition coefficient (Wildman–Crippen LogP) is 6.27. The Kier molecular flexibility index (Phi) is 10.3. The third-order valence-electron chi connectivity index (χ3n) is 5.89. The first-order valence-corrected chi connectivity index (χ1v) is 11.3. The highest BCUT2D eigenvalue weighted by atomic mass is 15.2. The van der Waals surface area contributed by atoms with Crippen molar-refractivity contribution in [1.82, 2.24) is 10.2 Å². The van der Waals surface area contributed by atoms with Gasteiger partial charge in [-0.25, -0.2) is 0 Å². The molecule has 1 saturated heterocycles. The molecule has 28 heavy (non-hydrogen) atoms. The van der Waals surface area contributed by atoms with E-state index in [1.807, 2.05) is 19.9 Å². The van der Waals surface area contributed by atoms with Crippen LogP contribution >= 0.6 is 0 Å². The molecule has 2 heteroatoms. The molecular weight excluding hydrogens is 340 g/mol. The number of allylic oxidation sites excluding steroid dienone is 3. The topological polar surface area (TPSA) is 15.3 Å². The first-order valence-electron chi connectivity index (χ1n) is 11.3. The lowest BCUT2D eigenvalue weighted by Crippen LogP contribution is -2.41. The molecule has 1 aromatic carbocycles. The average molecular weight is 381 g/mol. The number of nitrogens with one attached hydrogen (secondary N) is 1. The molecule has 0 bridgehead atoms. The highest BCUT2D eigenvalue weighted by molar-refractivity contribution is 5.32. The van der Waals surface area contributed by atoms with Gasteiger partial charge in [0.15, 0.2) is 0 Å². The van der Waals surface area contributed by atoms with Gasteiger partial charge in [0, 0.05) is 18.6 Å². The van der Waals surface area contributed by atoms with Gasteiger partial charge < -0.3 is 5.32 Å². The Bertz CT molecular complexity index is 629. The second kappa shape index (κ2) is 12.7. The monoisotopic (exact) mass is 380 g/mol. The first kappa shape index (κ1) is 22.6. The Morgan fingerprint density at radius 1 is 1.14 bits per heavy atom. The number of likely N-dealkylation sites (tertiary alicyclic amines) is 1. The third kappa shape index (κ3) is 7.07. The van der Waals surface area contributed by atoms with Crippen LogP contribution in [0.1, 0.15) is 64.9 Å².